The van der Waals surface area contributed by atoms with E-state index in [0.29, 0.717) is 11.6 Å². The molecule has 1 aliphatic rings. The largest absolute Gasteiger partial charge is 0.335 e. The first-order valence-corrected chi connectivity index (χ1v) is 8.62. The number of pyridine rings is 1. The molecule has 134 valence electrons. The third-order valence-electron chi connectivity index (χ3n) is 4.91. The van der Waals surface area contributed by atoms with Gasteiger partial charge in [-0.25, -0.2) is 14.2 Å². The van der Waals surface area contributed by atoms with E-state index in [-0.39, 0.29) is 17.9 Å². The molecule has 1 fully saturated rings. The van der Waals surface area contributed by atoms with Crippen LogP contribution in [-0.4, -0.2) is 26.8 Å². The van der Waals surface area contributed by atoms with Gasteiger partial charge in [0.1, 0.15) is 5.82 Å². The molecule has 1 aromatic carbocycles. The summed E-state index contributed by atoms with van der Waals surface area (Å²) >= 11 is 0. The molecule has 1 saturated carbocycles. The monoisotopic (exact) mass is 353 g/mol. The molecule has 7 heteroatoms. The van der Waals surface area contributed by atoms with E-state index in [4.69, 9.17) is 0 Å². The van der Waals surface area contributed by atoms with Crippen LogP contribution in [0.5, 0.6) is 0 Å². The summed E-state index contributed by atoms with van der Waals surface area (Å²) in [5, 5.41) is 11.0. The Morgan fingerprint density at radius 1 is 1.31 bits per heavy atom. The van der Waals surface area contributed by atoms with Crippen molar-refractivity contribution >= 4 is 22.8 Å². The molecule has 0 saturated heterocycles. The van der Waals surface area contributed by atoms with E-state index >= 15 is 0 Å². The zero-order valence-electron chi connectivity index (χ0n) is 14.7. The first kappa shape index (κ1) is 16.5. The number of benzene rings is 1. The number of fused-ring (bicyclic) bond motifs is 1. The molecule has 0 atom stereocenters. The Morgan fingerprint density at radius 2 is 2.12 bits per heavy atom. The van der Waals surface area contributed by atoms with Gasteiger partial charge in [0, 0.05) is 18.5 Å². The van der Waals surface area contributed by atoms with E-state index < -0.39 is 0 Å². The van der Waals surface area contributed by atoms with Gasteiger partial charge in [-0.3, -0.25) is 4.68 Å². The number of hydrogen-bond donors (Lipinski definition) is 2. The van der Waals surface area contributed by atoms with Crippen LogP contribution in [0.2, 0.25) is 0 Å². The summed E-state index contributed by atoms with van der Waals surface area (Å²) in [6.45, 7) is 1.91. The molecule has 0 bridgehead atoms. The lowest BCUT2D eigenvalue weighted by Crippen LogP contribution is -2.45. The van der Waals surface area contributed by atoms with Crippen LogP contribution >= 0.6 is 0 Å². The molecule has 0 spiro atoms. The second kappa shape index (κ2) is 6.40. The van der Waals surface area contributed by atoms with Crippen molar-refractivity contribution in [2.24, 2.45) is 7.05 Å². The number of nitrogens with zero attached hydrogens (tertiary/aromatic N) is 3. The van der Waals surface area contributed by atoms with Gasteiger partial charge in [-0.2, -0.15) is 5.10 Å². The number of rotatable bonds is 3. The van der Waals surface area contributed by atoms with Crippen molar-refractivity contribution in [3.05, 3.63) is 53.6 Å². The van der Waals surface area contributed by atoms with Crippen molar-refractivity contribution in [2.75, 3.05) is 5.32 Å². The lowest BCUT2D eigenvalue weighted by atomic mass is 9.76. The fraction of sp³-hybridized carbons (Fsp3) is 0.316. The predicted octanol–water partition coefficient (Wildman–Crippen LogP) is 3.48. The van der Waals surface area contributed by atoms with Crippen molar-refractivity contribution < 1.29 is 9.18 Å². The Bertz CT molecular complexity index is 977. The van der Waals surface area contributed by atoms with Crippen LogP contribution in [0.15, 0.2) is 36.5 Å². The van der Waals surface area contributed by atoms with Gasteiger partial charge in [0.05, 0.1) is 17.6 Å². The third kappa shape index (κ3) is 3.12. The SMILES string of the molecule is Cc1nn(C)c2ncc(NC(=O)NC3CC(c4cccc(F)c4)C3)cc12. The fourth-order valence-corrected chi connectivity index (χ4v) is 3.50. The highest BCUT2D eigenvalue weighted by Gasteiger charge is 2.31. The minimum Gasteiger partial charge on any atom is -0.335 e. The Kier molecular flexibility index (Phi) is 4.06. The van der Waals surface area contributed by atoms with Gasteiger partial charge in [-0.05, 0) is 49.4 Å². The summed E-state index contributed by atoms with van der Waals surface area (Å²) < 4.78 is 15.0. The molecule has 2 aromatic heterocycles. The standard InChI is InChI=1S/C19H20FN5O/c1-11-17-9-16(10-21-18(17)25(2)24-11)23-19(26)22-15-7-13(8-15)12-4-3-5-14(20)6-12/h3-6,9-10,13,15H,7-8H2,1-2H3,(H2,22,23,26). The molecule has 1 aliphatic carbocycles. The van der Waals surface area contributed by atoms with Crippen LogP contribution in [0.3, 0.4) is 0 Å². The van der Waals surface area contributed by atoms with Gasteiger partial charge in [-0.1, -0.05) is 12.1 Å². The van der Waals surface area contributed by atoms with Crippen LogP contribution in [0.4, 0.5) is 14.9 Å². The first-order valence-electron chi connectivity index (χ1n) is 8.62. The minimum absolute atomic E-state index is 0.0973. The number of carbonyl (C=O) groups is 1. The normalized spacial score (nSPS) is 19.2. The van der Waals surface area contributed by atoms with E-state index in [1.54, 1.807) is 23.0 Å². The number of nitrogens with one attached hydrogen (secondary N) is 2. The zero-order valence-corrected chi connectivity index (χ0v) is 14.7. The van der Waals surface area contributed by atoms with E-state index in [0.717, 1.165) is 35.1 Å². The van der Waals surface area contributed by atoms with Crippen molar-refractivity contribution in [3.63, 3.8) is 0 Å². The summed E-state index contributed by atoms with van der Waals surface area (Å²) in [4.78, 5) is 16.6. The second-order valence-electron chi connectivity index (χ2n) is 6.82. The average Bonchev–Trinajstić information content (AvgIpc) is 2.84. The topological polar surface area (TPSA) is 71.8 Å². The second-order valence-corrected chi connectivity index (χ2v) is 6.82. The molecule has 0 aliphatic heterocycles. The lowest BCUT2D eigenvalue weighted by molar-refractivity contribution is 0.233. The number of carbonyl (C=O) groups excluding carboxylic acids is 1. The predicted molar refractivity (Wildman–Crippen MR) is 97.6 cm³/mol. The molecule has 6 nitrogen and oxygen atoms in total. The van der Waals surface area contributed by atoms with Crippen LogP contribution < -0.4 is 10.6 Å². The van der Waals surface area contributed by atoms with Crippen molar-refractivity contribution in [1.82, 2.24) is 20.1 Å². The maximum Gasteiger partial charge on any atom is 0.319 e. The molecule has 3 aromatic rings. The van der Waals surface area contributed by atoms with Crippen LogP contribution in [0.1, 0.15) is 30.0 Å². The number of halogens is 1. The van der Waals surface area contributed by atoms with E-state index in [9.17, 15) is 9.18 Å². The Morgan fingerprint density at radius 3 is 2.88 bits per heavy atom. The molecular weight excluding hydrogens is 333 g/mol. The van der Waals surface area contributed by atoms with Crippen LogP contribution in [0.25, 0.3) is 11.0 Å². The molecule has 2 amide bonds. The Balaban J connectivity index is 1.34. The average molecular weight is 353 g/mol. The summed E-state index contributed by atoms with van der Waals surface area (Å²) in [5.41, 5.74) is 3.28. The van der Waals surface area contributed by atoms with E-state index in [2.05, 4.69) is 20.7 Å². The van der Waals surface area contributed by atoms with Gasteiger partial charge in [0.15, 0.2) is 5.65 Å². The van der Waals surface area contributed by atoms with Crippen molar-refractivity contribution in [3.8, 4) is 0 Å². The third-order valence-corrected chi connectivity index (χ3v) is 4.91. The summed E-state index contributed by atoms with van der Waals surface area (Å²) in [6, 6.07) is 8.39. The summed E-state index contributed by atoms with van der Waals surface area (Å²) in [7, 11) is 1.84. The fourth-order valence-electron chi connectivity index (χ4n) is 3.50. The highest BCUT2D eigenvalue weighted by atomic mass is 19.1. The molecule has 2 N–H and O–H groups in total. The molecule has 2 heterocycles. The molecule has 26 heavy (non-hydrogen) atoms. The summed E-state index contributed by atoms with van der Waals surface area (Å²) in [6.07, 6.45) is 3.26. The quantitative estimate of drug-likeness (QED) is 0.757. The Hall–Kier alpha value is -2.96. The highest BCUT2D eigenvalue weighted by molar-refractivity contribution is 5.92. The molecule has 4 rings (SSSR count). The minimum atomic E-state index is -0.254. The van der Waals surface area contributed by atoms with Crippen LogP contribution in [-0.2, 0) is 7.05 Å². The van der Waals surface area contributed by atoms with Gasteiger partial charge < -0.3 is 10.6 Å². The maximum atomic E-state index is 13.3. The zero-order chi connectivity index (χ0) is 18.3. The number of anilines is 1. The number of aromatic nitrogens is 3. The van der Waals surface area contributed by atoms with Crippen molar-refractivity contribution in [1.29, 1.82) is 0 Å². The number of amides is 2. The molecule has 0 unspecified atom stereocenters. The Labute approximate surface area is 150 Å². The van der Waals surface area contributed by atoms with Gasteiger partial charge in [-0.15, -0.1) is 0 Å². The van der Waals surface area contributed by atoms with Gasteiger partial charge in [0.2, 0.25) is 0 Å². The lowest BCUT2D eigenvalue weighted by Gasteiger charge is -2.36. The van der Waals surface area contributed by atoms with E-state index in [1.807, 2.05) is 26.1 Å². The molecule has 0 radical (unpaired) electrons. The van der Waals surface area contributed by atoms with Crippen LogP contribution in [0, 0.1) is 12.7 Å². The first-order chi connectivity index (χ1) is 12.5. The number of hydrogen-bond acceptors (Lipinski definition) is 3. The maximum absolute atomic E-state index is 13.3. The van der Waals surface area contributed by atoms with Crippen molar-refractivity contribution in [2.45, 2.75) is 31.7 Å². The highest BCUT2D eigenvalue weighted by Crippen LogP contribution is 2.37. The summed E-state index contributed by atoms with van der Waals surface area (Å²) in [5.74, 6) is 0.0808. The smallest absolute Gasteiger partial charge is 0.319 e. The van der Waals surface area contributed by atoms with E-state index in [1.165, 1.54) is 6.07 Å². The van der Waals surface area contributed by atoms with Gasteiger partial charge in [0.25, 0.3) is 0 Å². The number of urea groups is 1. The molecular formula is C19H20FN5O. The van der Waals surface area contributed by atoms with Gasteiger partial charge >= 0.3 is 6.03 Å². The number of aryl methyl sites for hydroxylation is 2.